The third kappa shape index (κ3) is 4.27. The van der Waals surface area contributed by atoms with Crippen LogP contribution >= 0.6 is 31.9 Å². The maximum atomic E-state index is 4.69. The minimum absolute atomic E-state index is 0.368. The van der Waals surface area contributed by atoms with Gasteiger partial charge < -0.3 is 5.32 Å². The summed E-state index contributed by atoms with van der Waals surface area (Å²) in [4.78, 5) is 9.33. The molecule has 3 nitrogen and oxygen atoms in total. The zero-order valence-corrected chi connectivity index (χ0v) is 15.6. The van der Waals surface area contributed by atoms with Crippen LogP contribution in [0.4, 0.5) is 5.82 Å². The van der Waals surface area contributed by atoms with Gasteiger partial charge in [0.05, 0.1) is 0 Å². The molecule has 0 aliphatic rings. The van der Waals surface area contributed by atoms with Gasteiger partial charge in [0, 0.05) is 32.8 Å². The van der Waals surface area contributed by atoms with Gasteiger partial charge in [-0.2, -0.15) is 0 Å². The molecule has 1 heterocycles. The van der Waals surface area contributed by atoms with Gasteiger partial charge >= 0.3 is 0 Å². The highest BCUT2D eigenvalue weighted by atomic mass is 79.9. The Morgan fingerprint density at radius 2 is 1.86 bits per heavy atom. The fraction of sp³-hybridized carbons (Fsp3) is 0.375. The van der Waals surface area contributed by atoms with Gasteiger partial charge in [-0.05, 0) is 62.4 Å². The number of nitrogens with one attached hydrogen (secondary N) is 1. The number of aromatic nitrogens is 2. The van der Waals surface area contributed by atoms with Crippen LogP contribution in [-0.2, 0) is 0 Å². The SMILES string of the molecule is CCCNc1cc(C(C)C)nc(-c2ccc(Br)c(Br)c2)n1. The second-order valence-corrected chi connectivity index (χ2v) is 6.92. The van der Waals surface area contributed by atoms with E-state index in [4.69, 9.17) is 4.98 Å². The molecule has 0 bridgehead atoms. The van der Waals surface area contributed by atoms with Crippen molar-refractivity contribution in [2.24, 2.45) is 0 Å². The summed E-state index contributed by atoms with van der Waals surface area (Å²) >= 11 is 7.02. The Kier molecular flexibility index (Phi) is 5.76. The van der Waals surface area contributed by atoms with Crippen molar-refractivity contribution in [1.29, 1.82) is 0 Å². The maximum absolute atomic E-state index is 4.69. The van der Waals surface area contributed by atoms with Gasteiger partial charge in [0.2, 0.25) is 0 Å². The van der Waals surface area contributed by atoms with Crippen LogP contribution < -0.4 is 5.32 Å². The molecular weight excluding hydrogens is 394 g/mol. The molecule has 0 fully saturated rings. The van der Waals surface area contributed by atoms with Crippen LogP contribution in [0.15, 0.2) is 33.2 Å². The number of nitrogens with zero attached hydrogens (tertiary/aromatic N) is 2. The molecule has 112 valence electrons. The van der Waals surface area contributed by atoms with Crippen molar-refractivity contribution in [3.05, 3.63) is 38.9 Å². The van der Waals surface area contributed by atoms with Gasteiger partial charge in [0.15, 0.2) is 5.82 Å². The summed E-state index contributed by atoms with van der Waals surface area (Å²) < 4.78 is 2.03. The Hall–Kier alpha value is -0.940. The fourth-order valence-electron chi connectivity index (χ4n) is 1.87. The Bertz CT molecular complexity index is 627. The third-order valence-electron chi connectivity index (χ3n) is 3.07. The lowest BCUT2D eigenvalue weighted by molar-refractivity contribution is 0.816. The standard InChI is InChI=1S/C16H19Br2N3/c1-4-7-19-15-9-14(10(2)3)20-16(21-15)11-5-6-12(17)13(18)8-11/h5-6,8-10H,4,7H2,1-3H3,(H,19,20,21). The van der Waals surface area contributed by atoms with Crippen molar-refractivity contribution < 1.29 is 0 Å². The monoisotopic (exact) mass is 411 g/mol. The maximum Gasteiger partial charge on any atom is 0.161 e. The van der Waals surface area contributed by atoms with Crippen LogP contribution in [0.25, 0.3) is 11.4 Å². The predicted octanol–water partition coefficient (Wildman–Crippen LogP) is 5.61. The van der Waals surface area contributed by atoms with Crippen molar-refractivity contribution in [2.75, 3.05) is 11.9 Å². The molecule has 0 atom stereocenters. The van der Waals surface area contributed by atoms with Crippen molar-refractivity contribution >= 4 is 37.7 Å². The van der Waals surface area contributed by atoms with Gasteiger partial charge in [0.25, 0.3) is 0 Å². The molecule has 5 heteroatoms. The highest BCUT2D eigenvalue weighted by Gasteiger charge is 2.10. The molecule has 1 aromatic heterocycles. The van der Waals surface area contributed by atoms with E-state index in [2.05, 4.69) is 62.9 Å². The highest BCUT2D eigenvalue weighted by molar-refractivity contribution is 9.13. The summed E-state index contributed by atoms with van der Waals surface area (Å²) in [6.07, 6.45) is 1.07. The third-order valence-corrected chi connectivity index (χ3v) is 4.95. The Morgan fingerprint density at radius 3 is 2.48 bits per heavy atom. The van der Waals surface area contributed by atoms with Crippen LogP contribution in [-0.4, -0.2) is 16.5 Å². The van der Waals surface area contributed by atoms with E-state index in [9.17, 15) is 0 Å². The van der Waals surface area contributed by atoms with Gasteiger partial charge in [-0.1, -0.05) is 20.8 Å². The van der Waals surface area contributed by atoms with E-state index >= 15 is 0 Å². The van der Waals surface area contributed by atoms with Gasteiger partial charge in [-0.25, -0.2) is 9.97 Å². The lowest BCUT2D eigenvalue weighted by atomic mass is 10.1. The molecule has 1 N–H and O–H groups in total. The molecule has 0 aliphatic carbocycles. The summed E-state index contributed by atoms with van der Waals surface area (Å²) in [6.45, 7) is 7.35. The fourth-order valence-corrected chi connectivity index (χ4v) is 2.50. The summed E-state index contributed by atoms with van der Waals surface area (Å²) in [5, 5.41) is 3.35. The molecule has 0 unspecified atom stereocenters. The number of benzene rings is 1. The summed E-state index contributed by atoms with van der Waals surface area (Å²) in [6, 6.07) is 8.10. The van der Waals surface area contributed by atoms with Crippen LogP contribution in [0.3, 0.4) is 0 Å². The molecule has 0 radical (unpaired) electrons. The first-order valence-corrected chi connectivity index (χ1v) is 8.68. The van der Waals surface area contributed by atoms with E-state index in [0.717, 1.165) is 44.8 Å². The highest BCUT2D eigenvalue weighted by Crippen LogP contribution is 2.29. The first-order valence-electron chi connectivity index (χ1n) is 7.09. The van der Waals surface area contributed by atoms with E-state index in [1.54, 1.807) is 0 Å². The van der Waals surface area contributed by atoms with Crippen molar-refractivity contribution in [3.63, 3.8) is 0 Å². The molecule has 1 aromatic carbocycles. The predicted molar refractivity (Wildman–Crippen MR) is 95.7 cm³/mol. The minimum Gasteiger partial charge on any atom is -0.370 e. The van der Waals surface area contributed by atoms with Crippen LogP contribution in [0.1, 0.15) is 38.8 Å². The van der Waals surface area contributed by atoms with Crippen molar-refractivity contribution in [2.45, 2.75) is 33.1 Å². The topological polar surface area (TPSA) is 37.8 Å². The van der Waals surface area contributed by atoms with E-state index in [1.807, 2.05) is 24.3 Å². The number of halogens is 2. The second kappa shape index (κ2) is 7.36. The lowest BCUT2D eigenvalue weighted by Gasteiger charge is -2.12. The normalized spacial score (nSPS) is 11.0. The zero-order chi connectivity index (χ0) is 15.4. The van der Waals surface area contributed by atoms with Crippen LogP contribution in [0.5, 0.6) is 0 Å². The van der Waals surface area contributed by atoms with Gasteiger partial charge in [-0.3, -0.25) is 0 Å². The molecule has 0 saturated heterocycles. The summed E-state index contributed by atoms with van der Waals surface area (Å²) in [5.74, 6) is 2.02. The first-order chi connectivity index (χ1) is 10.0. The molecule has 21 heavy (non-hydrogen) atoms. The van der Waals surface area contributed by atoms with E-state index in [0.29, 0.717) is 5.92 Å². The molecule has 0 spiro atoms. The number of rotatable bonds is 5. The van der Waals surface area contributed by atoms with E-state index in [1.165, 1.54) is 0 Å². The minimum atomic E-state index is 0.368. The number of hydrogen-bond acceptors (Lipinski definition) is 3. The summed E-state index contributed by atoms with van der Waals surface area (Å²) in [7, 11) is 0. The van der Waals surface area contributed by atoms with Gasteiger partial charge in [0.1, 0.15) is 5.82 Å². The second-order valence-electron chi connectivity index (χ2n) is 5.21. The zero-order valence-electron chi connectivity index (χ0n) is 12.5. The molecular formula is C16H19Br2N3. The lowest BCUT2D eigenvalue weighted by Crippen LogP contribution is -2.06. The molecule has 2 rings (SSSR count). The molecule has 0 aliphatic heterocycles. The smallest absolute Gasteiger partial charge is 0.161 e. The first kappa shape index (κ1) is 16.4. The Morgan fingerprint density at radius 1 is 1.10 bits per heavy atom. The van der Waals surface area contributed by atoms with E-state index in [-0.39, 0.29) is 0 Å². The Balaban J connectivity index is 2.45. The molecule has 2 aromatic rings. The molecule has 0 saturated carbocycles. The summed E-state index contributed by atoms with van der Waals surface area (Å²) in [5.41, 5.74) is 2.06. The quantitative estimate of drug-likeness (QED) is 0.692. The number of anilines is 1. The average Bonchev–Trinajstić information content (AvgIpc) is 2.47. The number of hydrogen-bond donors (Lipinski definition) is 1. The van der Waals surface area contributed by atoms with Crippen LogP contribution in [0.2, 0.25) is 0 Å². The Labute approximate surface area is 142 Å². The van der Waals surface area contributed by atoms with Crippen molar-refractivity contribution in [1.82, 2.24) is 9.97 Å². The average molecular weight is 413 g/mol. The molecule has 0 amide bonds. The van der Waals surface area contributed by atoms with E-state index < -0.39 is 0 Å². The van der Waals surface area contributed by atoms with Crippen LogP contribution in [0, 0.1) is 0 Å². The van der Waals surface area contributed by atoms with Gasteiger partial charge in [-0.15, -0.1) is 0 Å². The van der Waals surface area contributed by atoms with Crippen molar-refractivity contribution in [3.8, 4) is 11.4 Å². The largest absolute Gasteiger partial charge is 0.370 e.